The summed E-state index contributed by atoms with van der Waals surface area (Å²) in [5.41, 5.74) is 1.36. The van der Waals surface area contributed by atoms with Gasteiger partial charge in [-0.15, -0.1) is 0 Å². The molecule has 0 radical (unpaired) electrons. The van der Waals surface area contributed by atoms with Crippen molar-refractivity contribution in [1.82, 2.24) is 5.01 Å². The van der Waals surface area contributed by atoms with Crippen LogP contribution in [0.25, 0.3) is 0 Å². The highest BCUT2D eigenvalue weighted by atomic mass is 15.5. The molecule has 4 heteroatoms. The molecule has 0 saturated heterocycles. The molecule has 2 unspecified atom stereocenters. The van der Waals surface area contributed by atoms with Gasteiger partial charge in [-0.25, -0.2) is 9.98 Å². The average Bonchev–Trinajstić information content (AvgIpc) is 2.64. The van der Waals surface area contributed by atoms with Crippen molar-refractivity contribution in [2.45, 2.75) is 45.2 Å². The summed E-state index contributed by atoms with van der Waals surface area (Å²) in [7, 11) is 1.96. The minimum absolute atomic E-state index is 0.0645. The Hall–Kier alpha value is -1.97. The van der Waals surface area contributed by atoms with E-state index in [1.807, 2.05) is 18.3 Å². The second-order valence-electron chi connectivity index (χ2n) is 5.91. The first kappa shape index (κ1) is 16.4. The van der Waals surface area contributed by atoms with Gasteiger partial charge in [-0.05, 0) is 38.3 Å². The smallest absolute Gasteiger partial charge is 0.139 e. The number of hydrogen-bond donors (Lipinski definition) is 0. The fourth-order valence-corrected chi connectivity index (χ4v) is 2.58. The Balaban J connectivity index is 2.06. The van der Waals surface area contributed by atoms with Gasteiger partial charge in [0.15, 0.2) is 0 Å². The highest BCUT2D eigenvalue weighted by Gasteiger charge is 2.20. The van der Waals surface area contributed by atoms with Crippen LogP contribution in [0.2, 0.25) is 0 Å². The summed E-state index contributed by atoms with van der Waals surface area (Å²) >= 11 is 0. The van der Waals surface area contributed by atoms with Crippen molar-refractivity contribution in [3.05, 3.63) is 36.0 Å². The summed E-state index contributed by atoms with van der Waals surface area (Å²) in [6, 6.07) is 0. The summed E-state index contributed by atoms with van der Waals surface area (Å²) in [5, 5.41) is 6.28. The van der Waals surface area contributed by atoms with Gasteiger partial charge in [-0.3, -0.25) is 5.01 Å². The van der Waals surface area contributed by atoms with Crippen LogP contribution in [-0.4, -0.2) is 37.0 Å². The molecule has 0 amide bonds. The molecule has 0 spiro atoms. The minimum atomic E-state index is 0.0645. The van der Waals surface area contributed by atoms with Crippen LogP contribution in [-0.2, 0) is 0 Å². The molecule has 2 rings (SSSR count). The van der Waals surface area contributed by atoms with E-state index >= 15 is 0 Å². The molecule has 0 aromatic carbocycles. The van der Waals surface area contributed by atoms with Crippen molar-refractivity contribution in [2.24, 2.45) is 21.0 Å². The molecule has 0 aromatic heterocycles. The Labute approximate surface area is 133 Å². The Kier molecular flexibility index (Phi) is 6.31. The zero-order valence-corrected chi connectivity index (χ0v) is 13.7. The first-order chi connectivity index (χ1) is 10.7. The maximum absolute atomic E-state index is 4.78. The van der Waals surface area contributed by atoms with Crippen LogP contribution >= 0.6 is 0 Å². The van der Waals surface area contributed by atoms with Crippen LogP contribution in [0.3, 0.4) is 0 Å². The van der Waals surface area contributed by atoms with E-state index in [-0.39, 0.29) is 6.17 Å². The largest absolute Gasteiger partial charge is 0.276 e. The third kappa shape index (κ3) is 5.10. The van der Waals surface area contributed by atoms with Crippen molar-refractivity contribution in [2.75, 3.05) is 7.05 Å². The summed E-state index contributed by atoms with van der Waals surface area (Å²) in [6.07, 6.45) is 17.8. The van der Waals surface area contributed by atoms with Gasteiger partial charge in [0.2, 0.25) is 0 Å². The molecule has 0 bridgehead atoms. The van der Waals surface area contributed by atoms with Crippen LogP contribution in [0.4, 0.5) is 0 Å². The van der Waals surface area contributed by atoms with Crippen molar-refractivity contribution >= 4 is 18.8 Å². The molecule has 118 valence electrons. The maximum Gasteiger partial charge on any atom is 0.139 e. The highest BCUT2D eigenvalue weighted by molar-refractivity contribution is 5.88. The second kappa shape index (κ2) is 8.47. The first-order valence-corrected chi connectivity index (χ1v) is 7.99. The monoisotopic (exact) mass is 298 g/mol. The zero-order valence-electron chi connectivity index (χ0n) is 13.7. The number of nitrogens with zero attached hydrogens (tertiary/aromatic N) is 4. The van der Waals surface area contributed by atoms with Gasteiger partial charge in [0, 0.05) is 19.7 Å². The van der Waals surface area contributed by atoms with Crippen LogP contribution in [0.15, 0.2) is 51.0 Å². The molecule has 1 aliphatic carbocycles. The van der Waals surface area contributed by atoms with Crippen LogP contribution < -0.4 is 0 Å². The third-order valence-corrected chi connectivity index (χ3v) is 3.91. The summed E-state index contributed by atoms with van der Waals surface area (Å²) in [5.74, 6) is 1.27. The quantitative estimate of drug-likeness (QED) is 0.441. The molecule has 2 aliphatic rings. The van der Waals surface area contributed by atoms with Gasteiger partial charge < -0.3 is 0 Å². The fourth-order valence-electron chi connectivity index (χ4n) is 2.58. The van der Waals surface area contributed by atoms with E-state index in [2.05, 4.69) is 54.1 Å². The molecule has 1 heterocycles. The van der Waals surface area contributed by atoms with Crippen molar-refractivity contribution in [1.29, 1.82) is 0 Å². The average molecular weight is 298 g/mol. The Bertz CT molecular complexity index is 525. The lowest BCUT2D eigenvalue weighted by Gasteiger charge is -2.28. The standard InChI is InChI=1S/C18H26N4/c1-15-12-18(22(3)20-14-15)21-17(19-2)13-16-10-8-6-4-5-7-9-11-16/h4-6,8,11,14-15,18H,2,7,9-10,12-13H2,1,3H3/b5-4-,8-6-,16-11+,21-17-. The molecule has 2 atom stereocenters. The molecule has 0 N–H and O–H groups in total. The van der Waals surface area contributed by atoms with Crippen LogP contribution in [0.5, 0.6) is 0 Å². The van der Waals surface area contributed by atoms with E-state index < -0.39 is 0 Å². The number of aliphatic imine (C=N–C) groups is 2. The lowest BCUT2D eigenvalue weighted by atomic mass is 10.0. The van der Waals surface area contributed by atoms with Gasteiger partial charge in [-0.1, -0.05) is 42.9 Å². The van der Waals surface area contributed by atoms with Crippen LogP contribution in [0.1, 0.15) is 39.0 Å². The Morgan fingerprint density at radius 1 is 1.36 bits per heavy atom. The van der Waals surface area contributed by atoms with Crippen LogP contribution in [0, 0.1) is 5.92 Å². The van der Waals surface area contributed by atoms with Crippen molar-refractivity contribution in [3.63, 3.8) is 0 Å². The van der Waals surface area contributed by atoms with Crippen molar-refractivity contribution in [3.8, 4) is 0 Å². The van der Waals surface area contributed by atoms with E-state index in [4.69, 9.17) is 4.99 Å². The van der Waals surface area contributed by atoms with Gasteiger partial charge >= 0.3 is 0 Å². The minimum Gasteiger partial charge on any atom is -0.276 e. The van der Waals surface area contributed by atoms with E-state index in [9.17, 15) is 0 Å². The van der Waals surface area contributed by atoms with Crippen molar-refractivity contribution < 1.29 is 0 Å². The molecule has 1 aliphatic heterocycles. The number of hydrogen-bond acceptors (Lipinski definition) is 3. The summed E-state index contributed by atoms with van der Waals surface area (Å²) in [4.78, 5) is 8.93. The number of hydrazone groups is 1. The third-order valence-electron chi connectivity index (χ3n) is 3.91. The SMILES string of the molecule is C=N/C(C/C1=C/CC/C=C\C=C/C1)=N\C1CC(C)C=NN1C. The number of amidine groups is 1. The lowest BCUT2D eigenvalue weighted by molar-refractivity contribution is 0.221. The predicted molar refractivity (Wildman–Crippen MR) is 95.6 cm³/mol. The molecule has 0 fully saturated rings. The van der Waals surface area contributed by atoms with Gasteiger partial charge in [-0.2, -0.15) is 5.10 Å². The zero-order chi connectivity index (χ0) is 15.8. The topological polar surface area (TPSA) is 40.3 Å². The first-order valence-electron chi connectivity index (χ1n) is 7.99. The van der Waals surface area contributed by atoms with E-state index in [1.54, 1.807) is 0 Å². The van der Waals surface area contributed by atoms with Gasteiger partial charge in [0.25, 0.3) is 0 Å². The molecule has 22 heavy (non-hydrogen) atoms. The number of rotatable bonds is 3. The van der Waals surface area contributed by atoms with E-state index in [0.717, 1.165) is 37.9 Å². The predicted octanol–water partition coefficient (Wildman–Crippen LogP) is 3.98. The Morgan fingerprint density at radius 2 is 2.18 bits per heavy atom. The molecular formula is C18H26N4. The molecule has 0 aromatic rings. The highest BCUT2D eigenvalue weighted by Crippen LogP contribution is 2.19. The Morgan fingerprint density at radius 3 is 3.00 bits per heavy atom. The fraction of sp³-hybridized carbons (Fsp3) is 0.500. The molecule has 4 nitrogen and oxygen atoms in total. The lowest BCUT2D eigenvalue weighted by Crippen LogP contribution is -2.32. The van der Waals surface area contributed by atoms with Gasteiger partial charge in [0.1, 0.15) is 12.0 Å². The normalized spacial score (nSPS) is 31.5. The van der Waals surface area contributed by atoms with E-state index in [0.29, 0.717) is 5.92 Å². The summed E-state index contributed by atoms with van der Waals surface area (Å²) in [6.45, 7) is 5.87. The maximum atomic E-state index is 4.78. The summed E-state index contributed by atoms with van der Waals surface area (Å²) < 4.78 is 0. The second-order valence-corrected chi connectivity index (χ2v) is 5.91. The number of allylic oxidation sites excluding steroid dienone is 5. The van der Waals surface area contributed by atoms with Gasteiger partial charge in [0.05, 0.1) is 0 Å². The van der Waals surface area contributed by atoms with E-state index in [1.165, 1.54) is 5.57 Å². The molecular weight excluding hydrogens is 272 g/mol. The molecule has 0 saturated carbocycles.